The summed E-state index contributed by atoms with van der Waals surface area (Å²) in [5.41, 5.74) is 2.52. The maximum absolute atomic E-state index is 12.4. The Morgan fingerprint density at radius 3 is 2.79 bits per heavy atom. The number of aryl methyl sites for hydroxylation is 1. The summed E-state index contributed by atoms with van der Waals surface area (Å²) in [6.07, 6.45) is 3.09. The SMILES string of the molecule is CCc1nc2cccc(C(=O)N3CCCC3)c2[nH]1.Cl. The lowest BCUT2D eigenvalue weighted by Gasteiger charge is -2.15. The summed E-state index contributed by atoms with van der Waals surface area (Å²) in [6.45, 7) is 3.81. The molecule has 3 rings (SSSR count). The first-order chi connectivity index (χ1) is 8.79. The number of hydrogen-bond acceptors (Lipinski definition) is 2. The van der Waals surface area contributed by atoms with Crippen LogP contribution in [0.4, 0.5) is 0 Å². The minimum atomic E-state index is 0. The Hall–Kier alpha value is -1.55. The Bertz CT molecular complexity index is 587. The van der Waals surface area contributed by atoms with Gasteiger partial charge in [0.1, 0.15) is 5.82 Å². The first-order valence-corrected chi connectivity index (χ1v) is 6.56. The van der Waals surface area contributed by atoms with Crippen LogP contribution in [0.25, 0.3) is 11.0 Å². The number of halogens is 1. The van der Waals surface area contributed by atoms with Crippen LogP contribution in [0.3, 0.4) is 0 Å². The lowest BCUT2D eigenvalue weighted by molar-refractivity contribution is 0.0794. The molecular weight excluding hydrogens is 262 g/mol. The molecule has 0 bridgehead atoms. The summed E-state index contributed by atoms with van der Waals surface area (Å²) in [7, 11) is 0. The molecule has 1 aliphatic rings. The number of benzene rings is 1. The van der Waals surface area contributed by atoms with E-state index in [9.17, 15) is 4.79 Å². The molecule has 0 unspecified atom stereocenters. The van der Waals surface area contributed by atoms with Gasteiger partial charge in [-0.25, -0.2) is 4.98 Å². The van der Waals surface area contributed by atoms with Crippen LogP contribution in [0.2, 0.25) is 0 Å². The maximum atomic E-state index is 12.4. The van der Waals surface area contributed by atoms with E-state index in [0.717, 1.165) is 54.8 Å². The molecule has 5 heteroatoms. The average molecular weight is 280 g/mol. The number of rotatable bonds is 2. The molecule has 1 N–H and O–H groups in total. The molecule has 2 heterocycles. The van der Waals surface area contributed by atoms with Crippen LogP contribution in [0.15, 0.2) is 18.2 Å². The first-order valence-electron chi connectivity index (χ1n) is 6.56. The fourth-order valence-electron chi connectivity index (χ4n) is 2.52. The van der Waals surface area contributed by atoms with E-state index in [1.807, 2.05) is 23.1 Å². The predicted molar refractivity (Wildman–Crippen MR) is 77.9 cm³/mol. The number of H-pyrrole nitrogens is 1. The summed E-state index contributed by atoms with van der Waals surface area (Å²) in [6, 6.07) is 5.75. The van der Waals surface area contributed by atoms with E-state index in [-0.39, 0.29) is 18.3 Å². The van der Waals surface area contributed by atoms with Crippen molar-refractivity contribution in [3.05, 3.63) is 29.6 Å². The summed E-state index contributed by atoms with van der Waals surface area (Å²) < 4.78 is 0. The Balaban J connectivity index is 0.00000133. The Morgan fingerprint density at radius 2 is 2.11 bits per heavy atom. The van der Waals surface area contributed by atoms with Gasteiger partial charge in [-0.3, -0.25) is 4.79 Å². The van der Waals surface area contributed by atoms with Gasteiger partial charge in [0.05, 0.1) is 16.6 Å². The zero-order chi connectivity index (χ0) is 12.5. The van der Waals surface area contributed by atoms with Gasteiger partial charge in [-0.1, -0.05) is 13.0 Å². The van der Waals surface area contributed by atoms with Gasteiger partial charge in [-0.05, 0) is 25.0 Å². The highest BCUT2D eigenvalue weighted by Gasteiger charge is 2.21. The molecule has 1 fully saturated rings. The molecule has 4 nitrogen and oxygen atoms in total. The standard InChI is InChI=1S/C14H17N3O.ClH/c1-2-12-15-11-7-5-6-10(13(11)16-12)14(18)17-8-3-4-9-17;/h5-7H,2-4,8-9H2,1H3,(H,15,16);1H. The molecule has 19 heavy (non-hydrogen) atoms. The van der Waals surface area contributed by atoms with Gasteiger partial charge in [-0.2, -0.15) is 0 Å². The van der Waals surface area contributed by atoms with E-state index in [2.05, 4.69) is 16.9 Å². The molecule has 1 aromatic carbocycles. The number of nitrogens with one attached hydrogen (secondary N) is 1. The molecule has 0 saturated carbocycles. The molecule has 1 amide bonds. The second-order valence-electron chi connectivity index (χ2n) is 4.74. The van der Waals surface area contributed by atoms with Gasteiger partial charge in [0, 0.05) is 19.5 Å². The third kappa shape index (κ3) is 2.45. The van der Waals surface area contributed by atoms with Gasteiger partial charge >= 0.3 is 0 Å². The predicted octanol–water partition coefficient (Wildman–Crippen LogP) is 2.78. The quantitative estimate of drug-likeness (QED) is 0.919. The van der Waals surface area contributed by atoms with Crippen LogP contribution in [-0.2, 0) is 6.42 Å². The molecule has 1 aromatic heterocycles. The number of carbonyl (C=O) groups is 1. The molecule has 1 saturated heterocycles. The van der Waals surface area contributed by atoms with Crippen molar-refractivity contribution in [2.45, 2.75) is 26.2 Å². The number of carbonyl (C=O) groups excluding carboxylic acids is 1. The van der Waals surface area contributed by atoms with Gasteiger partial charge in [0.15, 0.2) is 0 Å². The summed E-state index contributed by atoms with van der Waals surface area (Å²) in [5, 5.41) is 0. The van der Waals surface area contributed by atoms with E-state index in [1.165, 1.54) is 0 Å². The number of nitrogens with zero attached hydrogens (tertiary/aromatic N) is 2. The summed E-state index contributed by atoms with van der Waals surface area (Å²) in [4.78, 5) is 22.1. The van der Waals surface area contributed by atoms with E-state index in [0.29, 0.717) is 0 Å². The number of hydrogen-bond donors (Lipinski definition) is 1. The Labute approximate surface area is 118 Å². The van der Waals surface area contributed by atoms with Crippen molar-refractivity contribution in [2.24, 2.45) is 0 Å². The monoisotopic (exact) mass is 279 g/mol. The van der Waals surface area contributed by atoms with Crippen molar-refractivity contribution in [3.8, 4) is 0 Å². The number of likely N-dealkylation sites (tertiary alicyclic amines) is 1. The smallest absolute Gasteiger partial charge is 0.256 e. The number of amides is 1. The molecule has 0 atom stereocenters. The lowest BCUT2D eigenvalue weighted by atomic mass is 10.1. The van der Waals surface area contributed by atoms with E-state index < -0.39 is 0 Å². The summed E-state index contributed by atoms with van der Waals surface area (Å²) >= 11 is 0. The molecule has 1 aliphatic heterocycles. The highest BCUT2D eigenvalue weighted by Crippen LogP contribution is 2.20. The van der Waals surface area contributed by atoms with E-state index in [1.54, 1.807) is 0 Å². The van der Waals surface area contributed by atoms with Crippen LogP contribution in [0, 0.1) is 0 Å². The van der Waals surface area contributed by atoms with Crippen molar-refractivity contribution >= 4 is 29.3 Å². The number of para-hydroxylation sites is 1. The van der Waals surface area contributed by atoms with Crippen LogP contribution < -0.4 is 0 Å². The number of aromatic amines is 1. The Kier molecular flexibility index (Phi) is 4.10. The second kappa shape index (κ2) is 5.61. The zero-order valence-corrected chi connectivity index (χ0v) is 11.8. The fraction of sp³-hybridized carbons (Fsp3) is 0.429. The molecule has 0 spiro atoms. The molecule has 0 aliphatic carbocycles. The van der Waals surface area contributed by atoms with E-state index >= 15 is 0 Å². The van der Waals surface area contributed by atoms with Gasteiger partial charge in [0.25, 0.3) is 5.91 Å². The first kappa shape index (κ1) is 13.9. The zero-order valence-electron chi connectivity index (χ0n) is 11.0. The number of aromatic nitrogens is 2. The minimum Gasteiger partial charge on any atom is -0.341 e. The van der Waals surface area contributed by atoms with Crippen LogP contribution in [-0.4, -0.2) is 33.9 Å². The van der Waals surface area contributed by atoms with Crippen molar-refractivity contribution < 1.29 is 4.79 Å². The second-order valence-corrected chi connectivity index (χ2v) is 4.74. The highest BCUT2D eigenvalue weighted by atomic mass is 35.5. The summed E-state index contributed by atoms with van der Waals surface area (Å²) in [5.74, 6) is 1.07. The lowest BCUT2D eigenvalue weighted by Crippen LogP contribution is -2.27. The minimum absolute atomic E-state index is 0. The number of imidazole rings is 1. The largest absolute Gasteiger partial charge is 0.341 e. The van der Waals surface area contributed by atoms with Gasteiger partial charge in [-0.15, -0.1) is 12.4 Å². The number of fused-ring (bicyclic) bond motifs is 1. The van der Waals surface area contributed by atoms with Crippen molar-refractivity contribution in [1.29, 1.82) is 0 Å². The fourth-order valence-corrected chi connectivity index (χ4v) is 2.52. The van der Waals surface area contributed by atoms with Crippen LogP contribution >= 0.6 is 12.4 Å². The van der Waals surface area contributed by atoms with Crippen LogP contribution in [0.1, 0.15) is 35.9 Å². The van der Waals surface area contributed by atoms with Crippen molar-refractivity contribution in [3.63, 3.8) is 0 Å². The highest BCUT2D eigenvalue weighted by molar-refractivity contribution is 6.04. The van der Waals surface area contributed by atoms with Crippen LogP contribution in [0.5, 0.6) is 0 Å². The molecular formula is C14H18ClN3O. The van der Waals surface area contributed by atoms with Gasteiger partial charge in [0.2, 0.25) is 0 Å². The average Bonchev–Trinajstić information content (AvgIpc) is 3.05. The van der Waals surface area contributed by atoms with Crippen molar-refractivity contribution in [2.75, 3.05) is 13.1 Å². The van der Waals surface area contributed by atoms with Crippen molar-refractivity contribution in [1.82, 2.24) is 14.9 Å². The molecule has 2 aromatic rings. The Morgan fingerprint density at radius 1 is 1.37 bits per heavy atom. The third-order valence-corrected chi connectivity index (χ3v) is 3.53. The molecule has 0 radical (unpaired) electrons. The topological polar surface area (TPSA) is 49.0 Å². The van der Waals surface area contributed by atoms with Gasteiger partial charge < -0.3 is 9.88 Å². The van der Waals surface area contributed by atoms with E-state index in [4.69, 9.17) is 0 Å². The third-order valence-electron chi connectivity index (χ3n) is 3.53. The normalized spacial score (nSPS) is 14.7. The molecule has 102 valence electrons. The maximum Gasteiger partial charge on any atom is 0.256 e.